The number of fused-ring (bicyclic) bond motifs is 2. The molecule has 0 radical (unpaired) electrons. The Morgan fingerprint density at radius 1 is 1.17 bits per heavy atom. The number of carbonyl (C=O) groups excluding carboxylic acids is 1. The molecule has 0 fully saturated rings. The van der Waals surface area contributed by atoms with Crippen LogP contribution >= 0.6 is 22.9 Å². The van der Waals surface area contributed by atoms with Gasteiger partial charge in [-0.25, -0.2) is 9.79 Å². The van der Waals surface area contributed by atoms with Crippen molar-refractivity contribution in [3.8, 4) is 0 Å². The molecular formula is C27H24ClN3O3S. The lowest BCUT2D eigenvalue weighted by Crippen LogP contribution is -2.40. The fourth-order valence-electron chi connectivity index (χ4n) is 4.45. The molecule has 1 aliphatic rings. The first-order chi connectivity index (χ1) is 16.7. The molecule has 2 aromatic heterocycles. The summed E-state index contributed by atoms with van der Waals surface area (Å²) in [6.45, 7) is 5.37. The van der Waals surface area contributed by atoms with Crippen LogP contribution in [0.25, 0.3) is 17.0 Å². The third-order valence-corrected chi connectivity index (χ3v) is 7.22. The summed E-state index contributed by atoms with van der Waals surface area (Å²) in [4.78, 5) is 32.1. The fourth-order valence-corrected chi connectivity index (χ4v) is 5.61. The highest BCUT2D eigenvalue weighted by Crippen LogP contribution is 2.31. The Morgan fingerprint density at radius 2 is 1.89 bits per heavy atom. The van der Waals surface area contributed by atoms with Crippen LogP contribution in [0, 0.1) is 0 Å². The Morgan fingerprint density at radius 3 is 2.60 bits per heavy atom. The summed E-state index contributed by atoms with van der Waals surface area (Å²) in [7, 11) is 1.98. The van der Waals surface area contributed by atoms with Crippen molar-refractivity contribution in [1.29, 1.82) is 0 Å². The number of esters is 1. The molecule has 6 nitrogen and oxygen atoms in total. The molecule has 1 aliphatic heterocycles. The van der Waals surface area contributed by atoms with Gasteiger partial charge < -0.3 is 9.30 Å². The summed E-state index contributed by atoms with van der Waals surface area (Å²) in [5.74, 6) is -0.482. The van der Waals surface area contributed by atoms with E-state index in [9.17, 15) is 9.59 Å². The van der Waals surface area contributed by atoms with Gasteiger partial charge in [0.2, 0.25) is 0 Å². The first-order valence-corrected chi connectivity index (χ1v) is 12.5. The van der Waals surface area contributed by atoms with E-state index < -0.39 is 12.0 Å². The van der Waals surface area contributed by atoms with Gasteiger partial charge in [-0.2, -0.15) is 0 Å². The van der Waals surface area contributed by atoms with Crippen molar-refractivity contribution in [2.24, 2.45) is 12.0 Å². The standard InChI is InChI=1S/C27H24ClN3O3S/c1-15(2)34-26(33)23-16(3)29-27-31(24(23)17-9-11-19(28)12-10-17)25(32)22(35-27)13-18-14-30(4)21-8-6-5-7-20(18)21/h5-15,24H,1-4H3. The molecule has 1 unspecified atom stereocenters. The maximum absolute atomic E-state index is 13.8. The molecule has 3 heterocycles. The Hall–Kier alpha value is -3.42. The number of ether oxygens (including phenoxy) is 1. The highest BCUT2D eigenvalue weighted by Gasteiger charge is 2.33. The van der Waals surface area contributed by atoms with Gasteiger partial charge in [0, 0.05) is 34.7 Å². The lowest BCUT2D eigenvalue weighted by molar-refractivity contribution is -0.143. The van der Waals surface area contributed by atoms with Crippen molar-refractivity contribution in [2.75, 3.05) is 0 Å². The van der Waals surface area contributed by atoms with E-state index in [2.05, 4.69) is 4.99 Å². The van der Waals surface area contributed by atoms with E-state index in [1.807, 2.05) is 60.3 Å². The number of aromatic nitrogens is 2. The van der Waals surface area contributed by atoms with Gasteiger partial charge in [-0.15, -0.1) is 0 Å². The summed E-state index contributed by atoms with van der Waals surface area (Å²) < 4.78 is 9.72. The van der Waals surface area contributed by atoms with Crippen LogP contribution in [0.15, 0.2) is 75.8 Å². The number of allylic oxidation sites excluding steroid dienone is 1. The number of hydrogen-bond acceptors (Lipinski definition) is 5. The van der Waals surface area contributed by atoms with Crippen LogP contribution in [0.2, 0.25) is 5.02 Å². The van der Waals surface area contributed by atoms with Crippen molar-refractivity contribution in [1.82, 2.24) is 9.13 Å². The maximum atomic E-state index is 13.8. The smallest absolute Gasteiger partial charge is 0.338 e. The second kappa shape index (κ2) is 8.98. The summed E-state index contributed by atoms with van der Waals surface area (Å²) in [5.41, 5.74) is 3.48. The van der Waals surface area contributed by atoms with Crippen LogP contribution in [-0.4, -0.2) is 21.2 Å². The minimum absolute atomic E-state index is 0.205. The average molecular weight is 506 g/mol. The normalized spacial score (nSPS) is 16.1. The molecule has 5 rings (SSSR count). The maximum Gasteiger partial charge on any atom is 0.338 e. The van der Waals surface area contributed by atoms with Crippen LogP contribution < -0.4 is 14.9 Å². The van der Waals surface area contributed by atoms with E-state index in [0.717, 1.165) is 22.0 Å². The molecule has 8 heteroatoms. The molecule has 0 aliphatic carbocycles. The SMILES string of the molecule is CC1=C(C(=O)OC(C)C)C(c2ccc(Cl)cc2)n2c(sc(=Cc3cn(C)c4ccccc34)c2=O)=N1. The number of carbonyl (C=O) groups is 1. The number of thiazole rings is 1. The molecule has 4 aromatic rings. The van der Waals surface area contributed by atoms with E-state index in [0.29, 0.717) is 25.6 Å². The fraction of sp³-hybridized carbons (Fsp3) is 0.222. The zero-order valence-corrected chi connectivity index (χ0v) is 21.4. The quantitative estimate of drug-likeness (QED) is 0.388. The van der Waals surface area contributed by atoms with Crippen LogP contribution in [0.1, 0.15) is 37.9 Å². The third kappa shape index (κ3) is 4.15. The Bertz CT molecular complexity index is 1670. The summed E-state index contributed by atoms with van der Waals surface area (Å²) >= 11 is 7.44. The molecule has 35 heavy (non-hydrogen) atoms. The molecule has 0 N–H and O–H groups in total. The lowest BCUT2D eigenvalue weighted by atomic mass is 9.96. The van der Waals surface area contributed by atoms with Crippen molar-refractivity contribution >= 4 is 45.9 Å². The second-order valence-corrected chi connectivity index (χ2v) is 10.2. The monoisotopic (exact) mass is 505 g/mol. The highest BCUT2D eigenvalue weighted by molar-refractivity contribution is 7.07. The zero-order valence-electron chi connectivity index (χ0n) is 19.8. The van der Waals surface area contributed by atoms with E-state index in [1.165, 1.54) is 11.3 Å². The van der Waals surface area contributed by atoms with Crippen molar-refractivity contribution in [3.63, 3.8) is 0 Å². The minimum Gasteiger partial charge on any atom is -0.459 e. The van der Waals surface area contributed by atoms with Crippen LogP contribution in [0.5, 0.6) is 0 Å². The van der Waals surface area contributed by atoms with Crippen molar-refractivity contribution < 1.29 is 9.53 Å². The van der Waals surface area contributed by atoms with Crippen LogP contribution in [0.3, 0.4) is 0 Å². The van der Waals surface area contributed by atoms with Gasteiger partial charge in [-0.05, 0) is 50.6 Å². The topological polar surface area (TPSA) is 65.6 Å². The Labute approximate surface area is 211 Å². The number of aryl methyl sites for hydroxylation is 1. The van der Waals surface area contributed by atoms with E-state index in [-0.39, 0.29) is 11.7 Å². The van der Waals surface area contributed by atoms with E-state index in [4.69, 9.17) is 16.3 Å². The van der Waals surface area contributed by atoms with E-state index >= 15 is 0 Å². The van der Waals surface area contributed by atoms with Gasteiger partial charge in [-0.3, -0.25) is 9.36 Å². The molecule has 178 valence electrons. The number of hydrogen-bond donors (Lipinski definition) is 0. The second-order valence-electron chi connectivity index (χ2n) is 8.80. The largest absolute Gasteiger partial charge is 0.459 e. The van der Waals surface area contributed by atoms with Gasteiger partial charge in [0.25, 0.3) is 5.56 Å². The zero-order chi connectivity index (χ0) is 24.9. The lowest BCUT2D eigenvalue weighted by Gasteiger charge is -2.25. The summed E-state index contributed by atoms with van der Waals surface area (Å²) in [5, 5.41) is 1.64. The first-order valence-electron chi connectivity index (χ1n) is 11.3. The van der Waals surface area contributed by atoms with Crippen LogP contribution in [-0.2, 0) is 16.6 Å². The van der Waals surface area contributed by atoms with E-state index in [1.54, 1.807) is 37.5 Å². The summed E-state index contributed by atoms with van der Waals surface area (Å²) in [6.07, 6.45) is 3.61. The number of halogens is 1. The average Bonchev–Trinajstić information content (AvgIpc) is 3.29. The third-order valence-electron chi connectivity index (χ3n) is 5.98. The highest BCUT2D eigenvalue weighted by atomic mass is 35.5. The molecule has 0 spiro atoms. The number of para-hydroxylation sites is 1. The predicted octanol–water partition coefficient (Wildman–Crippen LogP) is 4.33. The van der Waals surface area contributed by atoms with Gasteiger partial charge in [0.15, 0.2) is 4.80 Å². The van der Waals surface area contributed by atoms with Gasteiger partial charge in [-0.1, -0.05) is 53.3 Å². The summed E-state index contributed by atoms with van der Waals surface area (Å²) in [6, 6.07) is 14.6. The minimum atomic E-state index is -0.663. The molecule has 0 saturated heterocycles. The molecule has 1 atom stereocenters. The molecule has 0 saturated carbocycles. The predicted molar refractivity (Wildman–Crippen MR) is 139 cm³/mol. The molecular weight excluding hydrogens is 482 g/mol. The van der Waals surface area contributed by atoms with Gasteiger partial charge >= 0.3 is 5.97 Å². The van der Waals surface area contributed by atoms with Gasteiger partial charge in [0.05, 0.1) is 27.9 Å². The van der Waals surface area contributed by atoms with Crippen molar-refractivity contribution in [2.45, 2.75) is 32.9 Å². The van der Waals surface area contributed by atoms with Crippen molar-refractivity contribution in [3.05, 3.63) is 102 Å². The first kappa shape index (κ1) is 23.3. The number of nitrogens with zero attached hydrogens (tertiary/aromatic N) is 3. The number of benzene rings is 2. The Kier molecular flexibility index (Phi) is 5.99. The van der Waals surface area contributed by atoms with Crippen LogP contribution in [0.4, 0.5) is 0 Å². The molecule has 0 amide bonds. The molecule has 0 bridgehead atoms. The van der Waals surface area contributed by atoms with Gasteiger partial charge in [0.1, 0.15) is 0 Å². The number of rotatable bonds is 4. The Balaban J connectivity index is 1.74. The molecule has 2 aromatic carbocycles.